The van der Waals surface area contributed by atoms with Crippen molar-refractivity contribution in [3.8, 4) is 6.07 Å². The number of hydrogen-bond donors (Lipinski definition) is 2. The van der Waals surface area contributed by atoms with Crippen molar-refractivity contribution in [3.05, 3.63) is 98.0 Å². The van der Waals surface area contributed by atoms with E-state index in [0.29, 0.717) is 39.8 Å². The van der Waals surface area contributed by atoms with Crippen molar-refractivity contribution in [1.82, 2.24) is 9.97 Å². The number of aryl methyl sites for hydroxylation is 1. The summed E-state index contributed by atoms with van der Waals surface area (Å²) in [6.07, 6.45) is 1.99. The fourth-order valence-electron chi connectivity index (χ4n) is 4.43. The number of H-pyrrole nitrogens is 1. The molecule has 0 fully saturated rings. The summed E-state index contributed by atoms with van der Waals surface area (Å²) >= 11 is 1.47. The van der Waals surface area contributed by atoms with E-state index in [0.717, 1.165) is 29.7 Å². The average molecular weight is 455 g/mol. The molecule has 1 aromatic heterocycles. The number of carbonyl (C=O) groups is 1. The Morgan fingerprint density at radius 3 is 2.58 bits per heavy atom. The van der Waals surface area contributed by atoms with E-state index in [1.807, 2.05) is 19.1 Å². The van der Waals surface area contributed by atoms with Gasteiger partial charge in [-0.05, 0) is 43.0 Å². The number of ketones is 1. The van der Waals surface area contributed by atoms with E-state index < -0.39 is 5.92 Å². The van der Waals surface area contributed by atoms with E-state index >= 15 is 0 Å². The molecular formula is C26H22N4O2S. The molecule has 0 radical (unpaired) electrons. The molecule has 7 heteroatoms. The van der Waals surface area contributed by atoms with Crippen molar-refractivity contribution in [2.24, 2.45) is 0 Å². The van der Waals surface area contributed by atoms with E-state index in [2.05, 4.69) is 40.6 Å². The fraction of sp³-hybridized carbons (Fsp3) is 0.231. The van der Waals surface area contributed by atoms with Gasteiger partial charge in [-0.1, -0.05) is 53.7 Å². The highest BCUT2D eigenvalue weighted by atomic mass is 32.2. The average Bonchev–Trinajstić information content (AvgIpc) is 2.83. The molecule has 164 valence electrons. The Morgan fingerprint density at radius 1 is 1.09 bits per heavy atom. The molecule has 33 heavy (non-hydrogen) atoms. The van der Waals surface area contributed by atoms with Gasteiger partial charge in [-0.15, -0.1) is 0 Å². The number of rotatable bonds is 4. The molecule has 5 rings (SSSR count). The molecule has 1 aliphatic carbocycles. The Hall–Kier alpha value is -3.63. The lowest BCUT2D eigenvalue weighted by molar-refractivity contribution is -0.116. The first-order chi connectivity index (χ1) is 16.0. The van der Waals surface area contributed by atoms with E-state index in [-0.39, 0.29) is 11.3 Å². The second-order valence-electron chi connectivity index (χ2n) is 8.37. The largest absolute Gasteiger partial charge is 0.343 e. The number of aromatic amines is 1. The fourth-order valence-corrected chi connectivity index (χ4v) is 5.24. The lowest BCUT2D eigenvalue weighted by Crippen LogP contribution is -2.32. The first-order valence-corrected chi connectivity index (χ1v) is 11.9. The molecule has 3 aromatic rings. The van der Waals surface area contributed by atoms with Crippen molar-refractivity contribution >= 4 is 23.4 Å². The standard InChI is InChI=1S/C26H22N4O2S/c1-15-5-7-17(8-6-15)14-33-26-29-24-23(25(32)30-26)21(18-11-9-16(13-27)10-12-18)22-19(28-24)3-2-4-20(22)31/h5-12,21H,2-4,14H2,1H3,(H2,28,29,30,32). The van der Waals surface area contributed by atoms with E-state index in [1.54, 1.807) is 12.1 Å². The minimum absolute atomic E-state index is 0.0565. The monoisotopic (exact) mass is 454 g/mol. The number of allylic oxidation sites excluding steroid dienone is 2. The van der Waals surface area contributed by atoms with Crippen LogP contribution >= 0.6 is 11.8 Å². The summed E-state index contributed by atoms with van der Waals surface area (Å²) in [4.78, 5) is 33.9. The molecule has 0 saturated carbocycles. The first kappa shape index (κ1) is 21.2. The van der Waals surface area contributed by atoms with Gasteiger partial charge in [0, 0.05) is 29.4 Å². The Balaban J connectivity index is 1.55. The van der Waals surface area contributed by atoms with E-state index in [9.17, 15) is 9.59 Å². The van der Waals surface area contributed by atoms with Crippen LogP contribution in [0.15, 0.2) is 69.8 Å². The van der Waals surface area contributed by atoms with Gasteiger partial charge in [-0.3, -0.25) is 9.59 Å². The van der Waals surface area contributed by atoms with Gasteiger partial charge in [-0.25, -0.2) is 4.98 Å². The number of anilines is 1. The zero-order valence-electron chi connectivity index (χ0n) is 18.1. The summed E-state index contributed by atoms with van der Waals surface area (Å²) in [5.41, 5.74) is 5.39. The highest BCUT2D eigenvalue weighted by Gasteiger charge is 2.37. The quantitative estimate of drug-likeness (QED) is 0.434. The summed E-state index contributed by atoms with van der Waals surface area (Å²) in [6, 6.07) is 17.5. The van der Waals surface area contributed by atoms with Crippen LogP contribution in [0, 0.1) is 18.3 Å². The van der Waals surface area contributed by atoms with E-state index in [1.165, 1.54) is 17.3 Å². The minimum atomic E-state index is -0.496. The first-order valence-electron chi connectivity index (χ1n) is 10.9. The highest BCUT2D eigenvalue weighted by molar-refractivity contribution is 7.98. The summed E-state index contributed by atoms with van der Waals surface area (Å²) in [6.45, 7) is 2.05. The Labute approximate surface area is 195 Å². The van der Waals surface area contributed by atoms with Crippen LogP contribution in [0.5, 0.6) is 0 Å². The Bertz CT molecular complexity index is 1370. The van der Waals surface area contributed by atoms with Crippen molar-refractivity contribution in [2.75, 3.05) is 5.32 Å². The molecule has 1 atom stereocenters. The van der Waals surface area contributed by atoms with Crippen LogP contribution in [-0.4, -0.2) is 15.8 Å². The molecule has 1 unspecified atom stereocenters. The Kier molecular flexibility index (Phi) is 5.61. The molecule has 0 amide bonds. The summed E-state index contributed by atoms with van der Waals surface area (Å²) in [7, 11) is 0. The summed E-state index contributed by atoms with van der Waals surface area (Å²) in [5.74, 6) is 0.756. The maximum atomic E-state index is 13.3. The van der Waals surface area contributed by atoms with Crippen LogP contribution < -0.4 is 10.9 Å². The van der Waals surface area contributed by atoms with Crippen LogP contribution in [0.1, 0.15) is 53.0 Å². The summed E-state index contributed by atoms with van der Waals surface area (Å²) < 4.78 is 0. The molecular weight excluding hydrogens is 432 g/mol. The SMILES string of the molecule is Cc1ccc(CSc2nc3c(c(=O)[nH]2)C(c2ccc(C#N)cc2)C2=C(CCCC2=O)N3)cc1. The number of benzene rings is 2. The smallest absolute Gasteiger partial charge is 0.257 e. The number of fused-ring (bicyclic) bond motifs is 1. The van der Waals surface area contributed by atoms with Gasteiger partial charge in [0.15, 0.2) is 10.9 Å². The molecule has 2 heterocycles. The summed E-state index contributed by atoms with van der Waals surface area (Å²) in [5, 5.41) is 13.0. The molecule has 2 N–H and O–H groups in total. The topological polar surface area (TPSA) is 98.6 Å². The van der Waals surface area contributed by atoms with Crippen LogP contribution in [-0.2, 0) is 10.5 Å². The predicted octanol–water partition coefficient (Wildman–Crippen LogP) is 4.81. The van der Waals surface area contributed by atoms with Crippen molar-refractivity contribution < 1.29 is 4.79 Å². The minimum Gasteiger partial charge on any atom is -0.343 e. The number of nitriles is 1. The third kappa shape index (κ3) is 4.10. The number of aromatic nitrogens is 2. The molecule has 2 aliphatic rings. The molecule has 1 aliphatic heterocycles. The van der Waals surface area contributed by atoms with Gasteiger partial charge in [0.2, 0.25) is 0 Å². The number of Topliss-reactive ketones (excluding diaryl/α,β-unsaturated/α-hetero) is 1. The third-order valence-corrected chi connectivity index (χ3v) is 7.05. The molecule has 0 bridgehead atoms. The van der Waals surface area contributed by atoms with E-state index in [4.69, 9.17) is 10.2 Å². The maximum Gasteiger partial charge on any atom is 0.257 e. The number of nitrogens with zero attached hydrogens (tertiary/aromatic N) is 2. The van der Waals surface area contributed by atoms with Gasteiger partial charge in [0.1, 0.15) is 5.82 Å². The third-order valence-electron chi connectivity index (χ3n) is 6.11. The van der Waals surface area contributed by atoms with Crippen LogP contribution in [0.25, 0.3) is 0 Å². The second-order valence-corrected chi connectivity index (χ2v) is 9.33. The van der Waals surface area contributed by atoms with Crippen molar-refractivity contribution in [2.45, 2.75) is 43.0 Å². The van der Waals surface area contributed by atoms with Gasteiger partial charge < -0.3 is 10.3 Å². The van der Waals surface area contributed by atoms with Gasteiger partial charge >= 0.3 is 0 Å². The normalized spacial score (nSPS) is 17.1. The van der Waals surface area contributed by atoms with Crippen LogP contribution in [0.3, 0.4) is 0 Å². The molecule has 2 aromatic carbocycles. The van der Waals surface area contributed by atoms with Crippen LogP contribution in [0.4, 0.5) is 5.82 Å². The number of nitrogens with one attached hydrogen (secondary N) is 2. The predicted molar refractivity (Wildman–Crippen MR) is 128 cm³/mol. The van der Waals surface area contributed by atoms with Crippen LogP contribution in [0.2, 0.25) is 0 Å². The zero-order chi connectivity index (χ0) is 22.9. The molecule has 0 saturated heterocycles. The Morgan fingerprint density at radius 2 is 1.85 bits per heavy atom. The van der Waals surface area contributed by atoms with Crippen molar-refractivity contribution in [3.63, 3.8) is 0 Å². The maximum absolute atomic E-state index is 13.3. The number of carbonyl (C=O) groups excluding carboxylic acids is 1. The van der Waals surface area contributed by atoms with Gasteiger partial charge in [-0.2, -0.15) is 5.26 Å². The number of hydrogen-bond acceptors (Lipinski definition) is 6. The lowest BCUT2D eigenvalue weighted by Gasteiger charge is -2.32. The molecule has 0 spiro atoms. The lowest BCUT2D eigenvalue weighted by atomic mass is 9.76. The number of thioether (sulfide) groups is 1. The second kappa shape index (κ2) is 8.72. The highest BCUT2D eigenvalue weighted by Crippen LogP contribution is 2.43. The van der Waals surface area contributed by atoms with Gasteiger partial charge in [0.25, 0.3) is 5.56 Å². The zero-order valence-corrected chi connectivity index (χ0v) is 19.0. The van der Waals surface area contributed by atoms with Crippen molar-refractivity contribution in [1.29, 1.82) is 5.26 Å². The van der Waals surface area contributed by atoms with Gasteiger partial charge in [0.05, 0.1) is 17.2 Å². The molecule has 6 nitrogen and oxygen atoms in total.